The molecule has 0 bridgehead atoms. The Bertz CT molecular complexity index is 942. The van der Waals surface area contributed by atoms with Crippen LogP contribution in [0.15, 0.2) is 42.5 Å². The highest BCUT2D eigenvalue weighted by Crippen LogP contribution is 2.42. The molecule has 0 heterocycles. The van der Waals surface area contributed by atoms with E-state index < -0.39 is 17.5 Å². The summed E-state index contributed by atoms with van der Waals surface area (Å²) in [6.07, 6.45) is 3.19. The minimum Gasteiger partial charge on any atom is -0.293 e. The molecular formula is C22H18Cl2O3. The second-order valence-electron chi connectivity index (χ2n) is 7.37. The number of carbonyl (C=O) groups excluding carboxylic acids is 3. The van der Waals surface area contributed by atoms with Gasteiger partial charge < -0.3 is 0 Å². The van der Waals surface area contributed by atoms with Gasteiger partial charge in [-0.2, -0.15) is 0 Å². The Morgan fingerprint density at radius 2 is 1.41 bits per heavy atom. The van der Waals surface area contributed by atoms with Gasteiger partial charge in [-0.05, 0) is 55.2 Å². The third-order valence-corrected chi connectivity index (χ3v) is 6.62. The molecule has 0 N–H and O–H groups in total. The molecule has 0 spiro atoms. The van der Waals surface area contributed by atoms with Crippen molar-refractivity contribution in [1.82, 2.24) is 0 Å². The van der Waals surface area contributed by atoms with Crippen LogP contribution in [0.4, 0.5) is 0 Å². The van der Waals surface area contributed by atoms with Crippen LogP contribution in [0, 0.1) is 11.8 Å². The summed E-state index contributed by atoms with van der Waals surface area (Å²) >= 11 is 12.1. The van der Waals surface area contributed by atoms with Gasteiger partial charge in [0.1, 0.15) is 0 Å². The van der Waals surface area contributed by atoms with E-state index in [1.54, 1.807) is 30.3 Å². The first kappa shape index (κ1) is 18.4. The summed E-state index contributed by atoms with van der Waals surface area (Å²) in [4.78, 5) is 38.0. The molecule has 0 saturated heterocycles. The molecule has 3 nitrogen and oxygen atoms in total. The van der Waals surface area contributed by atoms with Gasteiger partial charge in [0.15, 0.2) is 5.78 Å². The van der Waals surface area contributed by atoms with Crippen molar-refractivity contribution in [2.45, 2.75) is 31.6 Å². The van der Waals surface area contributed by atoms with Gasteiger partial charge in [0.05, 0.1) is 16.0 Å². The van der Waals surface area contributed by atoms with Gasteiger partial charge in [-0.3, -0.25) is 14.4 Å². The molecule has 2 aliphatic rings. The van der Waals surface area contributed by atoms with Crippen LogP contribution in [0.5, 0.6) is 0 Å². The van der Waals surface area contributed by atoms with E-state index in [2.05, 4.69) is 0 Å². The summed E-state index contributed by atoms with van der Waals surface area (Å²) < 4.78 is 0. The first-order chi connectivity index (χ1) is 13.0. The van der Waals surface area contributed by atoms with E-state index in [-0.39, 0.29) is 17.3 Å². The maximum absolute atomic E-state index is 12.9. The molecule has 138 valence electrons. The largest absolute Gasteiger partial charge is 0.293 e. The second-order valence-corrected chi connectivity index (χ2v) is 8.18. The topological polar surface area (TPSA) is 51.2 Å². The van der Waals surface area contributed by atoms with Crippen molar-refractivity contribution in [2.75, 3.05) is 0 Å². The third kappa shape index (κ3) is 3.24. The van der Waals surface area contributed by atoms with Crippen LogP contribution in [0.3, 0.4) is 0 Å². The van der Waals surface area contributed by atoms with Gasteiger partial charge in [0, 0.05) is 11.1 Å². The van der Waals surface area contributed by atoms with Crippen LogP contribution in [-0.2, 0) is 4.79 Å². The zero-order valence-corrected chi connectivity index (χ0v) is 16.1. The van der Waals surface area contributed by atoms with Crippen molar-refractivity contribution >= 4 is 40.6 Å². The molecule has 0 aliphatic heterocycles. The zero-order chi connectivity index (χ0) is 19.1. The first-order valence-electron chi connectivity index (χ1n) is 9.14. The average Bonchev–Trinajstić information content (AvgIpc) is 2.69. The molecule has 2 aromatic carbocycles. The smallest absolute Gasteiger partial charge is 0.230 e. The fourth-order valence-corrected chi connectivity index (χ4v) is 4.74. The van der Waals surface area contributed by atoms with Gasteiger partial charge in [-0.1, -0.05) is 53.5 Å². The number of rotatable bonds is 2. The number of carbonyl (C=O) groups is 3. The Hall–Kier alpha value is -1.97. The highest BCUT2D eigenvalue weighted by molar-refractivity contribution is 6.51. The molecule has 2 aromatic rings. The fraction of sp³-hybridized carbons (Fsp3) is 0.318. The number of ketones is 3. The van der Waals surface area contributed by atoms with Crippen LogP contribution in [0.2, 0.25) is 10.0 Å². The summed E-state index contributed by atoms with van der Waals surface area (Å²) in [5.74, 6) is -1.86. The van der Waals surface area contributed by atoms with Crippen LogP contribution < -0.4 is 0 Å². The van der Waals surface area contributed by atoms with E-state index in [0.717, 1.165) is 31.2 Å². The third-order valence-electron chi connectivity index (χ3n) is 5.88. The van der Waals surface area contributed by atoms with Crippen molar-refractivity contribution in [3.63, 3.8) is 0 Å². The summed E-state index contributed by atoms with van der Waals surface area (Å²) in [5.41, 5.74) is 1.76. The minimum atomic E-state index is -0.831. The van der Waals surface area contributed by atoms with E-state index in [1.165, 1.54) is 0 Å². The van der Waals surface area contributed by atoms with Gasteiger partial charge in [-0.25, -0.2) is 0 Å². The maximum Gasteiger partial charge on any atom is 0.230 e. The van der Waals surface area contributed by atoms with Crippen molar-refractivity contribution < 1.29 is 14.4 Å². The molecular weight excluding hydrogens is 383 g/mol. The van der Waals surface area contributed by atoms with Crippen LogP contribution in [0.1, 0.15) is 57.9 Å². The summed E-state index contributed by atoms with van der Waals surface area (Å²) in [5, 5.41) is 1.07. The lowest BCUT2D eigenvalue weighted by Crippen LogP contribution is -2.42. The lowest BCUT2D eigenvalue weighted by Gasteiger charge is -2.34. The SMILES string of the molecule is O=C1C(=O)C(C2CCC(c3ccc(Cl)c(Cl)c3)CC2)C(=O)c2ccccc21. The Labute approximate surface area is 167 Å². The van der Waals surface area contributed by atoms with E-state index in [4.69, 9.17) is 23.2 Å². The number of halogens is 2. The van der Waals surface area contributed by atoms with E-state index in [0.29, 0.717) is 21.5 Å². The van der Waals surface area contributed by atoms with Crippen molar-refractivity contribution in [3.05, 3.63) is 69.2 Å². The molecule has 4 rings (SSSR count). The van der Waals surface area contributed by atoms with Gasteiger partial charge in [0.2, 0.25) is 11.6 Å². The normalized spacial score (nSPS) is 25.4. The molecule has 5 heteroatoms. The average molecular weight is 401 g/mol. The Morgan fingerprint density at radius 3 is 2.07 bits per heavy atom. The molecule has 2 aliphatic carbocycles. The molecule has 0 amide bonds. The zero-order valence-electron chi connectivity index (χ0n) is 14.6. The van der Waals surface area contributed by atoms with Crippen molar-refractivity contribution in [1.29, 1.82) is 0 Å². The van der Waals surface area contributed by atoms with Crippen LogP contribution in [0.25, 0.3) is 0 Å². The lowest BCUT2D eigenvalue weighted by molar-refractivity contribution is -0.119. The van der Waals surface area contributed by atoms with Crippen molar-refractivity contribution in [2.24, 2.45) is 11.8 Å². The number of hydrogen-bond donors (Lipinski definition) is 0. The molecule has 27 heavy (non-hydrogen) atoms. The van der Waals surface area contributed by atoms with Crippen molar-refractivity contribution in [3.8, 4) is 0 Å². The lowest BCUT2D eigenvalue weighted by atomic mass is 9.67. The summed E-state index contributed by atoms with van der Waals surface area (Å²) in [7, 11) is 0. The molecule has 0 aromatic heterocycles. The standard InChI is InChI=1S/C22H18Cl2O3/c23-17-10-9-14(11-18(17)24)12-5-7-13(8-6-12)19-20(25)15-3-1-2-4-16(15)21(26)22(19)27/h1-4,9-13,19H,5-8H2. The van der Waals surface area contributed by atoms with Gasteiger partial charge in [-0.15, -0.1) is 0 Å². The van der Waals surface area contributed by atoms with Gasteiger partial charge in [0.25, 0.3) is 0 Å². The van der Waals surface area contributed by atoms with Gasteiger partial charge >= 0.3 is 0 Å². The second kappa shape index (κ2) is 7.21. The Kier molecular flexibility index (Phi) is 4.92. The highest BCUT2D eigenvalue weighted by atomic mass is 35.5. The maximum atomic E-state index is 12.9. The number of fused-ring (bicyclic) bond motifs is 1. The first-order valence-corrected chi connectivity index (χ1v) is 9.89. The number of benzene rings is 2. The van der Waals surface area contributed by atoms with Crippen LogP contribution in [-0.4, -0.2) is 17.3 Å². The molecule has 1 unspecified atom stereocenters. The quantitative estimate of drug-likeness (QED) is 0.491. The van der Waals surface area contributed by atoms with E-state index in [1.807, 2.05) is 12.1 Å². The van der Waals surface area contributed by atoms with E-state index >= 15 is 0 Å². The predicted molar refractivity (Wildman–Crippen MR) is 105 cm³/mol. The Balaban J connectivity index is 1.53. The highest BCUT2D eigenvalue weighted by Gasteiger charge is 2.45. The number of hydrogen-bond acceptors (Lipinski definition) is 3. The number of Topliss-reactive ketones (excluding diaryl/α,β-unsaturated/α-hetero) is 3. The summed E-state index contributed by atoms with van der Waals surface area (Å²) in [6.45, 7) is 0. The molecule has 1 fully saturated rings. The van der Waals surface area contributed by atoms with Crippen LogP contribution >= 0.6 is 23.2 Å². The molecule has 1 saturated carbocycles. The molecule has 0 radical (unpaired) electrons. The predicted octanol–water partition coefficient (Wildman–Crippen LogP) is 5.53. The monoisotopic (exact) mass is 400 g/mol. The fourth-order valence-electron chi connectivity index (χ4n) is 4.44. The Morgan fingerprint density at radius 1 is 0.741 bits per heavy atom. The van der Waals surface area contributed by atoms with E-state index in [9.17, 15) is 14.4 Å². The summed E-state index contributed by atoms with van der Waals surface area (Å²) in [6, 6.07) is 12.3. The minimum absolute atomic E-state index is 0.0821. The molecule has 1 atom stereocenters.